The molecule has 9 heteroatoms. The third kappa shape index (κ3) is 4.34. The van der Waals surface area contributed by atoms with Gasteiger partial charge in [-0.2, -0.15) is 5.10 Å². The summed E-state index contributed by atoms with van der Waals surface area (Å²) in [5, 5.41) is 5.80. The molecule has 1 aliphatic heterocycles. The monoisotopic (exact) mass is 358 g/mol. The Morgan fingerprint density at radius 2 is 2.29 bits per heavy atom. The van der Waals surface area contributed by atoms with E-state index < -0.39 is 16.0 Å². The fourth-order valence-electron chi connectivity index (χ4n) is 3.03. The van der Waals surface area contributed by atoms with E-state index in [1.54, 1.807) is 6.92 Å². The number of nitrogens with zero attached hydrogens (tertiary/aromatic N) is 2. The second kappa shape index (κ2) is 8.09. The lowest BCUT2D eigenvalue weighted by Gasteiger charge is -2.38. The highest BCUT2D eigenvalue weighted by atomic mass is 32.2. The number of ether oxygens (including phenoxy) is 1. The number of aromatic nitrogens is 2. The lowest BCUT2D eigenvalue weighted by atomic mass is 10.0. The Balaban J connectivity index is 2.04. The van der Waals surface area contributed by atoms with Gasteiger partial charge in [0.05, 0.1) is 12.8 Å². The van der Waals surface area contributed by atoms with Crippen LogP contribution in [0.5, 0.6) is 0 Å². The zero-order valence-electron chi connectivity index (χ0n) is 14.4. The van der Waals surface area contributed by atoms with Crippen LogP contribution in [-0.4, -0.2) is 61.3 Å². The van der Waals surface area contributed by atoms with Gasteiger partial charge in [0.25, 0.3) is 10.0 Å². The quantitative estimate of drug-likeness (QED) is 0.708. The SMILES string of the molecule is CCOC(=O)c1cn[nH]c1S(=O)(=O)NC[C@@H](C)N1CCCC[C@@H]1C. The molecule has 2 atom stereocenters. The summed E-state index contributed by atoms with van der Waals surface area (Å²) in [7, 11) is -3.86. The number of sulfonamides is 1. The summed E-state index contributed by atoms with van der Waals surface area (Å²) in [5.41, 5.74) is -0.0802. The number of esters is 1. The second-order valence-corrected chi connectivity index (χ2v) is 7.82. The number of hydrogen-bond donors (Lipinski definition) is 2. The molecule has 0 radical (unpaired) electrons. The summed E-state index contributed by atoms with van der Waals surface area (Å²) in [6.07, 6.45) is 4.65. The number of hydrogen-bond acceptors (Lipinski definition) is 6. The Kier molecular flexibility index (Phi) is 6.36. The van der Waals surface area contributed by atoms with Crippen LogP contribution in [0.1, 0.15) is 50.4 Å². The van der Waals surface area contributed by atoms with Gasteiger partial charge < -0.3 is 4.74 Å². The van der Waals surface area contributed by atoms with E-state index in [1.807, 2.05) is 6.92 Å². The number of rotatable bonds is 7. The molecule has 8 nitrogen and oxygen atoms in total. The van der Waals surface area contributed by atoms with Gasteiger partial charge in [-0.25, -0.2) is 17.9 Å². The van der Waals surface area contributed by atoms with E-state index in [0.29, 0.717) is 6.04 Å². The first-order chi connectivity index (χ1) is 11.4. The summed E-state index contributed by atoms with van der Waals surface area (Å²) in [4.78, 5) is 14.1. The summed E-state index contributed by atoms with van der Waals surface area (Å²) >= 11 is 0. The molecule has 0 aromatic carbocycles. The predicted molar refractivity (Wildman–Crippen MR) is 89.2 cm³/mol. The van der Waals surface area contributed by atoms with Crippen LogP contribution in [-0.2, 0) is 14.8 Å². The minimum atomic E-state index is -3.86. The molecule has 2 heterocycles. The number of carbonyl (C=O) groups excluding carboxylic acids is 1. The van der Waals surface area contributed by atoms with E-state index in [2.05, 4.69) is 26.7 Å². The van der Waals surface area contributed by atoms with Gasteiger partial charge in [-0.15, -0.1) is 0 Å². The second-order valence-electron chi connectivity index (χ2n) is 6.12. The van der Waals surface area contributed by atoms with Crippen molar-refractivity contribution < 1.29 is 17.9 Å². The Morgan fingerprint density at radius 3 is 2.96 bits per heavy atom. The topological polar surface area (TPSA) is 104 Å². The van der Waals surface area contributed by atoms with Crippen molar-refractivity contribution in [3.8, 4) is 0 Å². The highest BCUT2D eigenvalue weighted by molar-refractivity contribution is 7.89. The molecule has 2 N–H and O–H groups in total. The van der Waals surface area contributed by atoms with Gasteiger partial charge in [-0.05, 0) is 40.2 Å². The Bertz CT molecular complexity index is 658. The zero-order chi connectivity index (χ0) is 17.7. The normalized spacial score (nSPS) is 20.7. The summed E-state index contributed by atoms with van der Waals surface area (Å²) in [5.74, 6) is -0.704. The van der Waals surface area contributed by atoms with E-state index in [0.717, 1.165) is 19.4 Å². The molecule has 1 fully saturated rings. The van der Waals surface area contributed by atoms with Crippen LogP contribution in [0.2, 0.25) is 0 Å². The van der Waals surface area contributed by atoms with Crippen molar-refractivity contribution in [2.75, 3.05) is 19.7 Å². The van der Waals surface area contributed by atoms with Crippen molar-refractivity contribution in [3.63, 3.8) is 0 Å². The van der Waals surface area contributed by atoms with Gasteiger partial charge >= 0.3 is 5.97 Å². The van der Waals surface area contributed by atoms with Crippen molar-refractivity contribution in [1.82, 2.24) is 19.8 Å². The van der Waals surface area contributed by atoms with Crippen molar-refractivity contribution in [2.45, 2.75) is 57.1 Å². The van der Waals surface area contributed by atoms with Crippen LogP contribution in [0.3, 0.4) is 0 Å². The Morgan fingerprint density at radius 1 is 1.54 bits per heavy atom. The lowest BCUT2D eigenvalue weighted by Crippen LogP contribution is -2.48. The molecule has 0 aliphatic carbocycles. The molecule has 1 aliphatic rings. The summed E-state index contributed by atoms with van der Waals surface area (Å²) < 4.78 is 32.4. The Labute approximate surface area is 143 Å². The molecular weight excluding hydrogens is 332 g/mol. The van der Waals surface area contributed by atoms with Crippen LogP contribution in [0.15, 0.2) is 11.2 Å². The number of carbonyl (C=O) groups is 1. The van der Waals surface area contributed by atoms with Crippen LogP contribution in [0, 0.1) is 0 Å². The van der Waals surface area contributed by atoms with Crippen molar-refractivity contribution >= 4 is 16.0 Å². The number of nitrogens with one attached hydrogen (secondary N) is 2. The van der Waals surface area contributed by atoms with Gasteiger partial charge in [0.15, 0.2) is 5.03 Å². The van der Waals surface area contributed by atoms with Crippen LogP contribution >= 0.6 is 0 Å². The predicted octanol–water partition coefficient (Wildman–Crippen LogP) is 1.13. The molecule has 1 aromatic rings. The van der Waals surface area contributed by atoms with Crippen molar-refractivity contribution in [3.05, 3.63) is 11.8 Å². The lowest BCUT2D eigenvalue weighted by molar-refractivity contribution is 0.0522. The molecule has 1 saturated heterocycles. The number of piperidine rings is 1. The maximum absolute atomic E-state index is 12.5. The maximum atomic E-state index is 12.5. The van der Waals surface area contributed by atoms with Gasteiger partial charge in [0, 0.05) is 18.6 Å². The minimum Gasteiger partial charge on any atom is -0.462 e. The first-order valence-electron chi connectivity index (χ1n) is 8.32. The number of H-pyrrole nitrogens is 1. The van der Waals surface area contributed by atoms with Crippen molar-refractivity contribution in [1.29, 1.82) is 0 Å². The smallest absolute Gasteiger partial charge is 0.342 e. The first kappa shape index (κ1) is 18.9. The standard InChI is InChI=1S/C15H26N4O4S/c1-4-23-15(20)13-10-16-18-14(13)24(21,22)17-9-12(3)19-8-6-5-7-11(19)2/h10-12,17H,4-9H2,1-3H3,(H,16,18)/t11-,12+/m0/s1. The molecule has 0 amide bonds. The third-order valence-electron chi connectivity index (χ3n) is 4.36. The maximum Gasteiger partial charge on any atom is 0.342 e. The molecule has 24 heavy (non-hydrogen) atoms. The molecule has 0 saturated carbocycles. The number of likely N-dealkylation sites (tertiary alicyclic amines) is 1. The third-order valence-corrected chi connectivity index (χ3v) is 5.75. The molecule has 0 bridgehead atoms. The van der Waals surface area contributed by atoms with Gasteiger partial charge in [0.2, 0.25) is 0 Å². The van der Waals surface area contributed by atoms with Gasteiger partial charge in [-0.1, -0.05) is 6.42 Å². The average Bonchev–Trinajstić information content (AvgIpc) is 3.04. The zero-order valence-corrected chi connectivity index (χ0v) is 15.2. The highest BCUT2D eigenvalue weighted by Crippen LogP contribution is 2.19. The molecule has 2 rings (SSSR count). The molecule has 136 valence electrons. The molecule has 1 aromatic heterocycles. The van der Waals surface area contributed by atoms with E-state index >= 15 is 0 Å². The molecule has 0 spiro atoms. The summed E-state index contributed by atoms with van der Waals surface area (Å²) in [6, 6.07) is 0.518. The van der Waals surface area contributed by atoms with Crippen molar-refractivity contribution in [2.24, 2.45) is 0 Å². The fraction of sp³-hybridized carbons (Fsp3) is 0.733. The highest BCUT2D eigenvalue weighted by Gasteiger charge is 2.28. The molecule has 0 unspecified atom stereocenters. The van der Waals surface area contributed by atoms with E-state index in [1.165, 1.54) is 12.6 Å². The van der Waals surface area contributed by atoms with Crippen LogP contribution in [0.25, 0.3) is 0 Å². The summed E-state index contributed by atoms with van der Waals surface area (Å²) in [6.45, 7) is 7.24. The molecular formula is C15H26N4O4S. The fourth-order valence-corrected chi connectivity index (χ4v) is 4.23. The largest absolute Gasteiger partial charge is 0.462 e. The van der Waals surface area contributed by atoms with E-state index in [9.17, 15) is 13.2 Å². The van der Waals surface area contributed by atoms with E-state index in [4.69, 9.17) is 4.74 Å². The van der Waals surface area contributed by atoms with Crippen LogP contribution in [0.4, 0.5) is 0 Å². The van der Waals surface area contributed by atoms with Gasteiger partial charge in [-0.3, -0.25) is 10.00 Å². The Hall–Kier alpha value is -1.45. The first-order valence-corrected chi connectivity index (χ1v) is 9.81. The minimum absolute atomic E-state index is 0.0732. The van der Waals surface area contributed by atoms with Gasteiger partial charge in [0.1, 0.15) is 5.56 Å². The average molecular weight is 358 g/mol. The number of aromatic amines is 1. The van der Waals surface area contributed by atoms with E-state index in [-0.39, 0.29) is 29.8 Å². The van der Waals surface area contributed by atoms with Crippen LogP contribution < -0.4 is 4.72 Å².